The van der Waals surface area contributed by atoms with Crippen molar-refractivity contribution in [3.63, 3.8) is 0 Å². The predicted molar refractivity (Wildman–Crippen MR) is 59.3 cm³/mol. The second-order valence-corrected chi connectivity index (χ2v) is 4.28. The van der Waals surface area contributed by atoms with Crippen molar-refractivity contribution in [2.45, 2.75) is 30.9 Å². The maximum Gasteiger partial charge on any atom is 0.523 e. The van der Waals surface area contributed by atoms with Gasteiger partial charge in [0.15, 0.2) is 6.23 Å². The van der Waals surface area contributed by atoms with Crippen molar-refractivity contribution in [2.75, 3.05) is 6.61 Å². The van der Waals surface area contributed by atoms with Crippen molar-refractivity contribution in [2.24, 2.45) is 0 Å². The summed E-state index contributed by atoms with van der Waals surface area (Å²) in [5.74, 6) is 0. The highest BCUT2D eigenvalue weighted by molar-refractivity contribution is 4.94. The summed E-state index contributed by atoms with van der Waals surface area (Å²) in [6, 6.07) is 0.897. The van der Waals surface area contributed by atoms with Gasteiger partial charge in [0.2, 0.25) is 0 Å². The molecule has 0 bridgehead atoms. The number of aromatic amines is 1. The minimum absolute atomic E-state index is 0.636. The molecule has 1 saturated heterocycles. The van der Waals surface area contributed by atoms with Gasteiger partial charge in [-0.05, 0) is 0 Å². The van der Waals surface area contributed by atoms with Crippen molar-refractivity contribution in [1.82, 2.24) is 9.55 Å². The van der Waals surface area contributed by atoms with Gasteiger partial charge in [0.1, 0.15) is 18.3 Å². The van der Waals surface area contributed by atoms with Crippen LogP contribution in [0.15, 0.2) is 21.9 Å². The first-order valence-corrected chi connectivity index (χ1v) is 5.73. The number of H-pyrrole nitrogens is 1. The second-order valence-electron chi connectivity index (χ2n) is 4.28. The predicted octanol–water partition coefficient (Wildman–Crippen LogP) is -1.31. The van der Waals surface area contributed by atoms with Crippen LogP contribution in [0.3, 0.4) is 0 Å². The van der Waals surface area contributed by atoms with Crippen molar-refractivity contribution >= 4 is 0 Å². The summed E-state index contributed by atoms with van der Waals surface area (Å²) in [5, 5.41) is 18.7. The van der Waals surface area contributed by atoms with Gasteiger partial charge in [-0.3, -0.25) is 19.1 Å². The lowest BCUT2D eigenvalue weighted by atomic mass is 10.1. The molecule has 0 aromatic carbocycles. The first-order chi connectivity index (χ1) is 9.73. The molecule has 1 fully saturated rings. The number of hydrogen-bond acceptors (Lipinski definition) is 6. The molecule has 1 aromatic rings. The lowest BCUT2D eigenvalue weighted by Crippen LogP contribution is -2.41. The Morgan fingerprint density at radius 3 is 2.62 bits per heavy atom. The molecule has 118 valence electrons. The van der Waals surface area contributed by atoms with Gasteiger partial charge >= 0.3 is 12.1 Å². The molecular weight excluding hydrogens is 301 g/mol. The van der Waals surface area contributed by atoms with E-state index < -0.39 is 48.8 Å². The Balaban J connectivity index is 2.38. The third-order valence-electron chi connectivity index (χ3n) is 2.89. The number of aliphatic hydroxyl groups is 2. The van der Waals surface area contributed by atoms with E-state index in [9.17, 15) is 27.9 Å². The van der Waals surface area contributed by atoms with Gasteiger partial charge in [-0.15, -0.1) is 13.2 Å². The summed E-state index contributed by atoms with van der Waals surface area (Å²) >= 11 is 0. The quantitative estimate of drug-likeness (QED) is 0.639. The average Bonchev–Trinajstić information content (AvgIpc) is 2.65. The minimum Gasteiger partial charge on any atom is -0.394 e. The summed E-state index contributed by atoms with van der Waals surface area (Å²) in [6.45, 7) is -0.770. The van der Waals surface area contributed by atoms with E-state index in [0.29, 0.717) is 4.57 Å². The molecule has 11 heteroatoms. The second kappa shape index (κ2) is 5.60. The minimum atomic E-state index is -5.08. The van der Waals surface area contributed by atoms with Crippen molar-refractivity contribution in [3.05, 3.63) is 33.1 Å². The van der Waals surface area contributed by atoms with Gasteiger partial charge in [-0.25, -0.2) is 4.79 Å². The Kier molecular flexibility index (Phi) is 4.18. The molecule has 0 amide bonds. The summed E-state index contributed by atoms with van der Waals surface area (Å²) in [7, 11) is 0. The SMILES string of the molecule is O=c1ccn([C@@H]2O[C@H](CO)C(O)C2OC(F)(F)F)c(=O)[nH]1. The zero-order chi connectivity index (χ0) is 15.8. The van der Waals surface area contributed by atoms with Crippen LogP contribution in [-0.4, -0.2) is 51.0 Å². The van der Waals surface area contributed by atoms with E-state index in [1.165, 1.54) is 0 Å². The van der Waals surface area contributed by atoms with E-state index in [1.54, 1.807) is 0 Å². The van der Waals surface area contributed by atoms with Crippen LogP contribution in [0, 0.1) is 0 Å². The standard InChI is InChI=1S/C10H11F3N2O6/c11-10(12,13)21-7-6(18)4(3-16)20-8(7)15-2-1-5(17)14-9(15)19/h1-2,4,6-8,16,18H,3H2,(H,14,17,19)/t4-,6?,7?,8-/m1/s1. The van der Waals surface area contributed by atoms with Gasteiger partial charge in [0.25, 0.3) is 5.56 Å². The zero-order valence-electron chi connectivity index (χ0n) is 10.3. The Labute approximate surface area is 114 Å². The number of alkyl halides is 3. The molecule has 8 nitrogen and oxygen atoms in total. The molecular formula is C10H11F3N2O6. The summed E-state index contributed by atoms with van der Waals surface area (Å²) in [5.41, 5.74) is -1.78. The van der Waals surface area contributed by atoms with Gasteiger partial charge in [-0.1, -0.05) is 0 Å². The third kappa shape index (κ3) is 3.32. The fraction of sp³-hybridized carbons (Fsp3) is 0.600. The lowest BCUT2D eigenvalue weighted by molar-refractivity contribution is -0.356. The highest BCUT2D eigenvalue weighted by atomic mass is 19.4. The van der Waals surface area contributed by atoms with E-state index in [0.717, 1.165) is 12.3 Å². The van der Waals surface area contributed by atoms with Crippen LogP contribution in [-0.2, 0) is 9.47 Å². The van der Waals surface area contributed by atoms with E-state index in [-0.39, 0.29) is 0 Å². The molecule has 4 atom stereocenters. The summed E-state index contributed by atoms with van der Waals surface area (Å²) in [6.07, 6.45) is -11.0. The Morgan fingerprint density at radius 2 is 2.10 bits per heavy atom. The Morgan fingerprint density at radius 1 is 1.43 bits per heavy atom. The van der Waals surface area contributed by atoms with Crippen molar-refractivity contribution in [3.8, 4) is 0 Å². The van der Waals surface area contributed by atoms with Crippen LogP contribution in [0.1, 0.15) is 6.23 Å². The van der Waals surface area contributed by atoms with Crippen LogP contribution in [0.2, 0.25) is 0 Å². The van der Waals surface area contributed by atoms with Crippen molar-refractivity contribution in [1.29, 1.82) is 0 Å². The molecule has 3 N–H and O–H groups in total. The topological polar surface area (TPSA) is 114 Å². The maximum absolute atomic E-state index is 12.4. The van der Waals surface area contributed by atoms with Crippen LogP contribution >= 0.6 is 0 Å². The van der Waals surface area contributed by atoms with Crippen LogP contribution in [0.5, 0.6) is 0 Å². The molecule has 0 aliphatic carbocycles. The van der Waals surface area contributed by atoms with Gasteiger partial charge in [-0.2, -0.15) is 0 Å². The number of nitrogens with zero attached hydrogens (tertiary/aromatic N) is 1. The van der Waals surface area contributed by atoms with Gasteiger partial charge < -0.3 is 14.9 Å². The van der Waals surface area contributed by atoms with Crippen LogP contribution < -0.4 is 11.2 Å². The monoisotopic (exact) mass is 312 g/mol. The molecule has 1 aliphatic rings. The number of aromatic nitrogens is 2. The molecule has 0 spiro atoms. The number of ether oxygens (including phenoxy) is 2. The van der Waals surface area contributed by atoms with Crippen molar-refractivity contribution < 1.29 is 32.9 Å². The number of nitrogens with one attached hydrogen (secondary N) is 1. The van der Waals surface area contributed by atoms with E-state index in [1.807, 2.05) is 4.98 Å². The van der Waals surface area contributed by atoms with E-state index in [4.69, 9.17) is 9.84 Å². The summed E-state index contributed by atoms with van der Waals surface area (Å²) in [4.78, 5) is 24.4. The largest absolute Gasteiger partial charge is 0.523 e. The average molecular weight is 312 g/mol. The molecule has 2 heterocycles. The maximum atomic E-state index is 12.4. The Bertz CT molecular complexity index is 612. The molecule has 1 aromatic heterocycles. The van der Waals surface area contributed by atoms with Gasteiger partial charge in [0.05, 0.1) is 6.61 Å². The molecule has 21 heavy (non-hydrogen) atoms. The molecule has 0 saturated carbocycles. The van der Waals surface area contributed by atoms with E-state index in [2.05, 4.69) is 4.74 Å². The van der Waals surface area contributed by atoms with E-state index >= 15 is 0 Å². The lowest BCUT2D eigenvalue weighted by Gasteiger charge is -2.22. The highest BCUT2D eigenvalue weighted by Crippen LogP contribution is 2.34. The molecule has 0 radical (unpaired) electrons. The van der Waals surface area contributed by atoms with Gasteiger partial charge in [0, 0.05) is 12.3 Å². The number of rotatable bonds is 3. The third-order valence-corrected chi connectivity index (χ3v) is 2.89. The van der Waals surface area contributed by atoms with Crippen LogP contribution in [0.25, 0.3) is 0 Å². The fourth-order valence-corrected chi connectivity index (χ4v) is 2.00. The molecule has 1 aliphatic heterocycles. The fourth-order valence-electron chi connectivity index (χ4n) is 2.00. The number of hydrogen-bond donors (Lipinski definition) is 3. The number of aliphatic hydroxyl groups excluding tert-OH is 2. The highest BCUT2D eigenvalue weighted by Gasteiger charge is 2.50. The normalized spacial score (nSPS) is 29.8. The zero-order valence-corrected chi connectivity index (χ0v) is 10.3. The molecule has 2 rings (SSSR count). The molecule has 2 unspecified atom stereocenters. The van der Waals surface area contributed by atoms with Crippen LogP contribution in [0.4, 0.5) is 13.2 Å². The smallest absolute Gasteiger partial charge is 0.394 e. The first kappa shape index (κ1) is 15.7. The Hall–Kier alpha value is -1.69. The summed E-state index contributed by atoms with van der Waals surface area (Å²) < 4.78 is 46.5. The first-order valence-electron chi connectivity index (χ1n) is 5.73. The number of halogens is 3.